The highest BCUT2D eigenvalue weighted by Crippen LogP contribution is 2.43. The molecule has 0 saturated heterocycles. The predicted octanol–water partition coefficient (Wildman–Crippen LogP) is 4.34. The van der Waals surface area contributed by atoms with Gasteiger partial charge < -0.3 is 9.84 Å². The number of carboxylic acid groups (broad SMARTS) is 1. The Kier molecular flexibility index (Phi) is 4.92. The van der Waals surface area contributed by atoms with Crippen LogP contribution in [0.4, 0.5) is 0 Å². The molecular formula is C16H21ClO3. The Labute approximate surface area is 124 Å². The normalized spacial score (nSPS) is 26.2. The van der Waals surface area contributed by atoms with Crippen LogP contribution in [0.25, 0.3) is 0 Å². The Morgan fingerprint density at radius 2 is 2.20 bits per heavy atom. The maximum absolute atomic E-state index is 11.5. The van der Waals surface area contributed by atoms with Gasteiger partial charge in [0.25, 0.3) is 0 Å². The summed E-state index contributed by atoms with van der Waals surface area (Å²) in [6.45, 7) is 2.17. The van der Waals surface area contributed by atoms with Gasteiger partial charge in [-0.1, -0.05) is 31.0 Å². The van der Waals surface area contributed by atoms with Crippen molar-refractivity contribution in [1.29, 1.82) is 0 Å². The van der Waals surface area contributed by atoms with E-state index in [-0.39, 0.29) is 11.8 Å². The van der Waals surface area contributed by atoms with Crippen LogP contribution in [0.2, 0.25) is 5.02 Å². The number of carboxylic acids is 1. The fourth-order valence-electron chi connectivity index (χ4n) is 3.20. The van der Waals surface area contributed by atoms with Gasteiger partial charge in [0.1, 0.15) is 5.75 Å². The second kappa shape index (κ2) is 6.49. The van der Waals surface area contributed by atoms with E-state index in [0.717, 1.165) is 31.2 Å². The largest absolute Gasteiger partial charge is 0.495 e. The van der Waals surface area contributed by atoms with Crippen molar-refractivity contribution in [3.8, 4) is 5.75 Å². The molecule has 3 unspecified atom stereocenters. The number of methoxy groups -OCH3 is 1. The van der Waals surface area contributed by atoms with Crippen LogP contribution in [-0.4, -0.2) is 18.2 Å². The minimum atomic E-state index is -0.696. The standard InChI is InChI=1S/C16H21ClO3/c1-3-10-4-6-12(16(18)19)13(8-10)11-5-7-14(17)15(9-11)20-2/h5,7,9-10,12-13H,3-4,6,8H2,1-2H3,(H,18,19). The molecule has 1 aliphatic rings. The topological polar surface area (TPSA) is 46.5 Å². The van der Waals surface area contributed by atoms with Gasteiger partial charge in [-0.3, -0.25) is 4.79 Å². The fraction of sp³-hybridized carbons (Fsp3) is 0.562. The van der Waals surface area contributed by atoms with Crippen LogP contribution in [-0.2, 0) is 4.79 Å². The fourth-order valence-corrected chi connectivity index (χ4v) is 3.39. The molecule has 0 heterocycles. The highest BCUT2D eigenvalue weighted by Gasteiger charge is 2.35. The molecule has 1 aromatic rings. The van der Waals surface area contributed by atoms with Crippen molar-refractivity contribution in [1.82, 2.24) is 0 Å². The molecular weight excluding hydrogens is 276 g/mol. The van der Waals surface area contributed by atoms with E-state index < -0.39 is 5.97 Å². The first-order valence-corrected chi connectivity index (χ1v) is 7.50. The zero-order valence-corrected chi connectivity index (χ0v) is 12.7. The third-order valence-electron chi connectivity index (χ3n) is 4.46. The molecule has 1 aromatic carbocycles. The van der Waals surface area contributed by atoms with Crippen molar-refractivity contribution in [2.45, 2.75) is 38.5 Å². The second-order valence-electron chi connectivity index (χ2n) is 5.53. The maximum atomic E-state index is 11.5. The summed E-state index contributed by atoms with van der Waals surface area (Å²) < 4.78 is 5.25. The molecule has 110 valence electrons. The molecule has 0 radical (unpaired) electrons. The maximum Gasteiger partial charge on any atom is 0.307 e. The zero-order chi connectivity index (χ0) is 14.7. The molecule has 1 aliphatic carbocycles. The lowest BCUT2D eigenvalue weighted by atomic mass is 9.70. The zero-order valence-electron chi connectivity index (χ0n) is 11.9. The van der Waals surface area contributed by atoms with Crippen LogP contribution in [0.15, 0.2) is 18.2 Å². The van der Waals surface area contributed by atoms with Crippen molar-refractivity contribution in [2.24, 2.45) is 11.8 Å². The lowest BCUT2D eigenvalue weighted by molar-refractivity contribution is -0.143. The number of hydrogen-bond acceptors (Lipinski definition) is 2. The van der Waals surface area contributed by atoms with E-state index in [2.05, 4.69) is 6.92 Å². The summed E-state index contributed by atoms with van der Waals surface area (Å²) in [6, 6.07) is 5.62. The SMILES string of the molecule is CCC1CCC(C(=O)O)C(c2ccc(Cl)c(OC)c2)C1. The molecule has 1 fully saturated rings. The van der Waals surface area contributed by atoms with E-state index in [1.807, 2.05) is 12.1 Å². The van der Waals surface area contributed by atoms with Crippen LogP contribution in [0, 0.1) is 11.8 Å². The van der Waals surface area contributed by atoms with Crippen molar-refractivity contribution in [3.05, 3.63) is 28.8 Å². The summed E-state index contributed by atoms with van der Waals surface area (Å²) in [5.41, 5.74) is 1.02. The smallest absolute Gasteiger partial charge is 0.307 e. The van der Waals surface area contributed by atoms with E-state index in [1.54, 1.807) is 13.2 Å². The molecule has 3 nitrogen and oxygen atoms in total. The molecule has 0 amide bonds. The van der Waals surface area contributed by atoms with Crippen LogP contribution in [0.5, 0.6) is 5.75 Å². The van der Waals surface area contributed by atoms with Gasteiger partial charge in [-0.2, -0.15) is 0 Å². The quantitative estimate of drug-likeness (QED) is 0.899. The van der Waals surface area contributed by atoms with Gasteiger partial charge in [0.05, 0.1) is 18.1 Å². The molecule has 20 heavy (non-hydrogen) atoms. The van der Waals surface area contributed by atoms with Crippen molar-refractivity contribution >= 4 is 17.6 Å². The van der Waals surface area contributed by atoms with E-state index in [9.17, 15) is 9.90 Å². The van der Waals surface area contributed by atoms with E-state index in [0.29, 0.717) is 16.7 Å². The Bertz CT molecular complexity index is 487. The first-order chi connectivity index (χ1) is 9.56. The van der Waals surface area contributed by atoms with E-state index in [4.69, 9.17) is 16.3 Å². The summed E-state index contributed by atoms with van der Waals surface area (Å²) in [6.07, 6.45) is 3.80. The van der Waals surface area contributed by atoms with Gasteiger partial charge in [-0.15, -0.1) is 0 Å². The molecule has 2 rings (SSSR count). The second-order valence-corrected chi connectivity index (χ2v) is 5.94. The number of benzene rings is 1. The van der Waals surface area contributed by atoms with E-state index >= 15 is 0 Å². The Morgan fingerprint density at radius 1 is 1.45 bits per heavy atom. The third-order valence-corrected chi connectivity index (χ3v) is 4.77. The number of ether oxygens (including phenoxy) is 1. The minimum absolute atomic E-state index is 0.0531. The first-order valence-electron chi connectivity index (χ1n) is 7.13. The third kappa shape index (κ3) is 3.09. The van der Waals surface area contributed by atoms with Crippen LogP contribution < -0.4 is 4.74 Å². The first kappa shape index (κ1) is 15.2. The Morgan fingerprint density at radius 3 is 2.80 bits per heavy atom. The van der Waals surface area contributed by atoms with Gasteiger partial charge in [0.15, 0.2) is 0 Å². The number of hydrogen-bond donors (Lipinski definition) is 1. The molecule has 1 saturated carbocycles. The van der Waals surface area contributed by atoms with Gasteiger partial charge in [-0.25, -0.2) is 0 Å². The van der Waals surface area contributed by atoms with Gasteiger partial charge in [0, 0.05) is 0 Å². The molecule has 0 spiro atoms. The monoisotopic (exact) mass is 296 g/mol. The highest BCUT2D eigenvalue weighted by atomic mass is 35.5. The lowest BCUT2D eigenvalue weighted by Gasteiger charge is -2.34. The minimum Gasteiger partial charge on any atom is -0.495 e. The summed E-state index contributed by atoms with van der Waals surface area (Å²) in [7, 11) is 1.58. The highest BCUT2D eigenvalue weighted by molar-refractivity contribution is 6.32. The molecule has 1 N–H and O–H groups in total. The molecule has 4 heteroatoms. The summed E-state index contributed by atoms with van der Waals surface area (Å²) in [5, 5.41) is 10.0. The number of halogens is 1. The predicted molar refractivity (Wildman–Crippen MR) is 79.5 cm³/mol. The summed E-state index contributed by atoms with van der Waals surface area (Å²) >= 11 is 6.05. The van der Waals surface area contributed by atoms with Crippen LogP contribution in [0.1, 0.15) is 44.1 Å². The van der Waals surface area contributed by atoms with Gasteiger partial charge in [-0.05, 0) is 48.8 Å². The number of rotatable bonds is 4. The lowest BCUT2D eigenvalue weighted by Crippen LogP contribution is -2.29. The van der Waals surface area contributed by atoms with Gasteiger partial charge in [0.2, 0.25) is 0 Å². The van der Waals surface area contributed by atoms with E-state index in [1.165, 1.54) is 0 Å². The van der Waals surface area contributed by atoms with Crippen LogP contribution >= 0.6 is 11.6 Å². The molecule has 0 aliphatic heterocycles. The molecule has 0 aromatic heterocycles. The van der Waals surface area contributed by atoms with Gasteiger partial charge >= 0.3 is 5.97 Å². The van der Waals surface area contributed by atoms with Crippen molar-refractivity contribution in [3.63, 3.8) is 0 Å². The Hall–Kier alpha value is -1.22. The summed E-state index contributed by atoms with van der Waals surface area (Å²) in [5.74, 6) is 0.281. The molecule has 0 bridgehead atoms. The summed E-state index contributed by atoms with van der Waals surface area (Å²) in [4.78, 5) is 11.5. The number of aliphatic carboxylic acids is 1. The average molecular weight is 297 g/mol. The molecule has 3 atom stereocenters. The number of carbonyl (C=O) groups is 1. The Balaban J connectivity index is 2.32. The van der Waals surface area contributed by atoms with Crippen molar-refractivity contribution < 1.29 is 14.6 Å². The van der Waals surface area contributed by atoms with Crippen LogP contribution in [0.3, 0.4) is 0 Å². The average Bonchev–Trinajstić information content (AvgIpc) is 2.47. The van der Waals surface area contributed by atoms with Crippen molar-refractivity contribution in [2.75, 3.05) is 7.11 Å².